The predicted molar refractivity (Wildman–Crippen MR) is 113 cm³/mol. The van der Waals surface area contributed by atoms with Gasteiger partial charge in [0.15, 0.2) is 0 Å². The molecule has 0 saturated heterocycles. The number of methoxy groups -OCH3 is 2. The zero-order valence-corrected chi connectivity index (χ0v) is 18.1. The van der Waals surface area contributed by atoms with Crippen molar-refractivity contribution in [3.8, 4) is 0 Å². The zero-order valence-electron chi connectivity index (χ0n) is 18.1. The Hall–Kier alpha value is -2.12. The van der Waals surface area contributed by atoms with Gasteiger partial charge in [0.1, 0.15) is 6.61 Å². The van der Waals surface area contributed by atoms with Crippen molar-refractivity contribution in [3.05, 3.63) is 23.8 Å². The maximum Gasteiger partial charge on any atom is 0.250 e. The third-order valence-electron chi connectivity index (χ3n) is 4.69. The fourth-order valence-electron chi connectivity index (χ4n) is 3.12. The van der Waals surface area contributed by atoms with Crippen LogP contribution in [0.5, 0.6) is 0 Å². The standard InChI is InChI=1S/C21H35N3O4/c1-7-16(8-2)21(26)24(11-12-27-5)14-17-13-18(22-20(25)15-28-6)9-10-19(17)23(3)4/h9-10,13,16H,7-8,11-12,14-15H2,1-6H3,(H,22,25). The Kier molecular flexibility index (Phi) is 10.6. The SMILES string of the molecule is CCC(CC)C(=O)N(CCOC)Cc1cc(NC(=O)COC)ccc1N(C)C. The fourth-order valence-corrected chi connectivity index (χ4v) is 3.12. The van der Waals surface area contributed by atoms with Gasteiger partial charge in [-0.3, -0.25) is 9.59 Å². The van der Waals surface area contributed by atoms with Crippen molar-refractivity contribution < 1.29 is 19.1 Å². The van der Waals surface area contributed by atoms with Crippen molar-refractivity contribution in [1.82, 2.24) is 4.90 Å². The van der Waals surface area contributed by atoms with Crippen LogP contribution in [0.4, 0.5) is 11.4 Å². The largest absolute Gasteiger partial charge is 0.383 e. The summed E-state index contributed by atoms with van der Waals surface area (Å²) in [6, 6.07) is 5.73. The summed E-state index contributed by atoms with van der Waals surface area (Å²) in [6.45, 7) is 5.54. The molecule has 1 N–H and O–H groups in total. The molecule has 7 nitrogen and oxygen atoms in total. The summed E-state index contributed by atoms with van der Waals surface area (Å²) in [6.07, 6.45) is 1.62. The van der Waals surface area contributed by atoms with Crippen molar-refractivity contribution in [1.29, 1.82) is 0 Å². The molecule has 0 spiro atoms. The first-order valence-electron chi connectivity index (χ1n) is 9.74. The average Bonchev–Trinajstić information content (AvgIpc) is 2.66. The molecule has 0 bridgehead atoms. The van der Waals surface area contributed by atoms with Crippen LogP contribution in [0.25, 0.3) is 0 Å². The second-order valence-electron chi connectivity index (χ2n) is 6.99. The summed E-state index contributed by atoms with van der Waals surface area (Å²) in [5.41, 5.74) is 2.66. The van der Waals surface area contributed by atoms with Gasteiger partial charge in [-0.2, -0.15) is 0 Å². The summed E-state index contributed by atoms with van der Waals surface area (Å²) in [4.78, 5) is 28.7. The minimum absolute atomic E-state index is 0.00209. The maximum absolute atomic E-state index is 13.0. The highest BCUT2D eigenvalue weighted by Crippen LogP contribution is 2.25. The van der Waals surface area contributed by atoms with Crippen LogP contribution in [-0.2, 0) is 25.6 Å². The number of hydrogen-bond donors (Lipinski definition) is 1. The lowest BCUT2D eigenvalue weighted by Crippen LogP contribution is -2.38. The molecule has 0 saturated carbocycles. The number of nitrogens with zero attached hydrogens (tertiary/aromatic N) is 2. The molecule has 0 aliphatic carbocycles. The molecular formula is C21H35N3O4. The molecule has 1 rings (SSSR count). The zero-order chi connectivity index (χ0) is 21.1. The number of carbonyl (C=O) groups excluding carboxylic acids is 2. The Morgan fingerprint density at radius 3 is 2.32 bits per heavy atom. The Morgan fingerprint density at radius 2 is 1.79 bits per heavy atom. The Balaban J connectivity index is 3.15. The van der Waals surface area contributed by atoms with E-state index in [1.54, 1.807) is 7.11 Å². The highest BCUT2D eigenvalue weighted by Gasteiger charge is 2.23. The minimum atomic E-state index is -0.213. The van der Waals surface area contributed by atoms with E-state index in [1.165, 1.54) is 7.11 Å². The summed E-state index contributed by atoms with van der Waals surface area (Å²) in [5, 5.41) is 2.83. The third kappa shape index (κ3) is 7.13. The van der Waals surface area contributed by atoms with E-state index in [0.29, 0.717) is 25.4 Å². The molecule has 0 radical (unpaired) electrons. The van der Waals surface area contributed by atoms with Crippen LogP contribution in [0.1, 0.15) is 32.3 Å². The molecular weight excluding hydrogens is 358 g/mol. The highest BCUT2D eigenvalue weighted by atomic mass is 16.5. The number of carbonyl (C=O) groups is 2. The van der Waals surface area contributed by atoms with Gasteiger partial charge in [-0.05, 0) is 36.6 Å². The smallest absolute Gasteiger partial charge is 0.250 e. The first kappa shape index (κ1) is 23.9. The second kappa shape index (κ2) is 12.4. The molecule has 1 aromatic carbocycles. The van der Waals surface area contributed by atoms with Gasteiger partial charge in [0.05, 0.1) is 6.61 Å². The molecule has 0 aliphatic rings. The molecule has 28 heavy (non-hydrogen) atoms. The Morgan fingerprint density at radius 1 is 1.11 bits per heavy atom. The van der Waals surface area contributed by atoms with Crippen molar-refractivity contribution >= 4 is 23.2 Å². The van der Waals surface area contributed by atoms with Crippen molar-refractivity contribution in [2.24, 2.45) is 5.92 Å². The van der Waals surface area contributed by atoms with E-state index < -0.39 is 0 Å². The van der Waals surface area contributed by atoms with E-state index in [9.17, 15) is 9.59 Å². The molecule has 0 aromatic heterocycles. The number of hydrogen-bond acceptors (Lipinski definition) is 5. The van der Waals surface area contributed by atoms with Crippen molar-refractivity contribution in [2.75, 3.05) is 58.3 Å². The van der Waals surface area contributed by atoms with E-state index >= 15 is 0 Å². The van der Waals surface area contributed by atoms with Gasteiger partial charge < -0.3 is 24.6 Å². The monoisotopic (exact) mass is 393 g/mol. The van der Waals surface area contributed by atoms with Gasteiger partial charge in [-0.25, -0.2) is 0 Å². The van der Waals surface area contributed by atoms with Gasteiger partial charge in [0, 0.05) is 58.7 Å². The lowest BCUT2D eigenvalue weighted by atomic mass is 10.0. The summed E-state index contributed by atoms with van der Waals surface area (Å²) < 4.78 is 10.1. The van der Waals surface area contributed by atoms with E-state index in [2.05, 4.69) is 5.32 Å². The van der Waals surface area contributed by atoms with E-state index in [1.807, 2.05) is 55.9 Å². The van der Waals surface area contributed by atoms with Crippen LogP contribution in [0.15, 0.2) is 18.2 Å². The fraction of sp³-hybridized carbons (Fsp3) is 0.619. The predicted octanol–water partition coefficient (Wildman–Crippen LogP) is 2.75. The van der Waals surface area contributed by atoms with Gasteiger partial charge >= 0.3 is 0 Å². The first-order chi connectivity index (χ1) is 13.4. The van der Waals surface area contributed by atoms with Crippen LogP contribution in [0.3, 0.4) is 0 Å². The number of nitrogens with one attached hydrogen (secondary N) is 1. The highest BCUT2D eigenvalue weighted by molar-refractivity contribution is 5.92. The van der Waals surface area contributed by atoms with Crippen LogP contribution in [0, 0.1) is 5.92 Å². The molecule has 0 unspecified atom stereocenters. The van der Waals surface area contributed by atoms with E-state index in [4.69, 9.17) is 9.47 Å². The second-order valence-corrected chi connectivity index (χ2v) is 6.99. The molecule has 0 fully saturated rings. The van der Waals surface area contributed by atoms with Crippen LogP contribution in [0.2, 0.25) is 0 Å². The molecule has 0 heterocycles. The molecule has 7 heteroatoms. The average molecular weight is 394 g/mol. The maximum atomic E-state index is 13.0. The molecule has 2 amide bonds. The molecule has 0 atom stereocenters. The van der Waals surface area contributed by atoms with Crippen molar-refractivity contribution in [3.63, 3.8) is 0 Å². The van der Waals surface area contributed by atoms with Crippen LogP contribution >= 0.6 is 0 Å². The molecule has 158 valence electrons. The molecule has 1 aromatic rings. The number of amides is 2. The third-order valence-corrected chi connectivity index (χ3v) is 4.69. The normalized spacial score (nSPS) is 10.8. The van der Waals surface area contributed by atoms with Gasteiger partial charge in [0.25, 0.3) is 0 Å². The lowest BCUT2D eigenvalue weighted by Gasteiger charge is -2.28. The molecule has 0 aliphatic heterocycles. The number of benzene rings is 1. The lowest BCUT2D eigenvalue weighted by molar-refractivity contribution is -0.137. The Bertz CT molecular complexity index is 630. The van der Waals surface area contributed by atoms with Crippen LogP contribution < -0.4 is 10.2 Å². The first-order valence-corrected chi connectivity index (χ1v) is 9.74. The quantitative estimate of drug-likeness (QED) is 0.591. The number of ether oxygens (including phenoxy) is 2. The number of anilines is 2. The Labute approximate surface area is 169 Å². The summed E-state index contributed by atoms with van der Waals surface area (Å²) >= 11 is 0. The minimum Gasteiger partial charge on any atom is -0.383 e. The topological polar surface area (TPSA) is 71.1 Å². The van der Waals surface area contributed by atoms with Crippen molar-refractivity contribution in [2.45, 2.75) is 33.2 Å². The van der Waals surface area contributed by atoms with Gasteiger partial charge in [0.2, 0.25) is 11.8 Å². The van der Waals surface area contributed by atoms with Gasteiger partial charge in [-0.1, -0.05) is 13.8 Å². The van der Waals surface area contributed by atoms with E-state index in [0.717, 1.165) is 24.1 Å². The summed E-state index contributed by atoms with van der Waals surface area (Å²) in [7, 11) is 7.04. The van der Waals surface area contributed by atoms with Crippen LogP contribution in [-0.4, -0.2) is 64.8 Å². The summed E-state index contributed by atoms with van der Waals surface area (Å²) in [5.74, 6) is -0.0692. The van der Waals surface area contributed by atoms with E-state index in [-0.39, 0.29) is 24.3 Å². The number of rotatable bonds is 12. The van der Waals surface area contributed by atoms with Gasteiger partial charge in [-0.15, -0.1) is 0 Å².